The maximum atomic E-state index is 11.8. The van der Waals surface area contributed by atoms with Crippen molar-refractivity contribution in [2.45, 2.75) is 13.3 Å². The second-order valence-corrected chi connectivity index (χ2v) is 5.35. The Morgan fingerprint density at radius 2 is 1.91 bits per heavy atom. The highest BCUT2D eigenvalue weighted by Crippen LogP contribution is 2.23. The molecular weight excluding hydrogens is 276 g/mol. The Balaban J connectivity index is 2.10. The number of rotatable bonds is 4. The lowest BCUT2D eigenvalue weighted by molar-refractivity contribution is 0.0983. The molecule has 2 aromatic heterocycles. The van der Waals surface area contributed by atoms with E-state index >= 15 is 0 Å². The minimum absolute atomic E-state index is 0.0272. The van der Waals surface area contributed by atoms with Crippen molar-refractivity contribution in [3.8, 4) is 11.3 Å². The fourth-order valence-corrected chi connectivity index (χ4v) is 2.36. The predicted octanol–water partition coefficient (Wildman–Crippen LogP) is 3.06. The Kier molecular flexibility index (Phi) is 3.63. The summed E-state index contributed by atoms with van der Waals surface area (Å²) in [6, 6.07) is 11.9. The first kappa shape index (κ1) is 14.3. The zero-order valence-electron chi connectivity index (χ0n) is 12.9. The van der Waals surface area contributed by atoms with E-state index in [0.717, 1.165) is 16.9 Å². The van der Waals surface area contributed by atoms with E-state index < -0.39 is 0 Å². The van der Waals surface area contributed by atoms with Gasteiger partial charge in [-0.1, -0.05) is 19.1 Å². The molecule has 112 valence electrons. The Morgan fingerprint density at radius 3 is 2.55 bits per heavy atom. The van der Waals surface area contributed by atoms with Gasteiger partial charge in [-0.05, 0) is 18.2 Å². The van der Waals surface area contributed by atoms with Crippen LogP contribution in [0.15, 0.2) is 42.6 Å². The standard InChI is InChI=1S/C17H18N4O/c1-4-16(22)14-11-17-18-10-9-15(21(17)19-14)12-5-7-13(8-6-12)20(2)3/h5-11H,4H2,1-3H3. The predicted molar refractivity (Wildman–Crippen MR) is 87.4 cm³/mol. The summed E-state index contributed by atoms with van der Waals surface area (Å²) < 4.78 is 1.73. The van der Waals surface area contributed by atoms with Gasteiger partial charge in [-0.15, -0.1) is 0 Å². The number of ketones is 1. The highest BCUT2D eigenvalue weighted by atomic mass is 16.1. The topological polar surface area (TPSA) is 50.5 Å². The molecule has 0 fully saturated rings. The Labute approximate surface area is 129 Å². The van der Waals surface area contributed by atoms with E-state index in [1.807, 2.05) is 39.2 Å². The molecule has 0 aliphatic heterocycles. The van der Waals surface area contributed by atoms with Gasteiger partial charge in [0.25, 0.3) is 0 Å². The zero-order valence-corrected chi connectivity index (χ0v) is 12.9. The molecule has 0 atom stereocenters. The molecule has 0 N–H and O–H groups in total. The number of carbonyl (C=O) groups excluding carboxylic acids is 1. The lowest BCUT2D eigenvalue weighted by atomic mass is 10.1. The molecule has 0 unspecified atom stereocenters. The lowest BCUT2D eigenvalue weighted by Crippen LogP contribution is -2.08. The normalized spacial score (nSPS) is 10.9. The van der Waals surface area contributed by atoms with Crippen LogP contribution in [0.1, 0.15) is 23.8 Å². The summed E-state index contributed by atoms with van der Waals surface area (Å²) in [6.07, 6.45) is 2.18. The molecule has 22 heavy (non-hydrogen) atoms. The Morgan fingerprint density at radius 1 is 1.18 bits per heavy atom. The molecule has 5 nitrogen and oxygen atoms in total. The molecule has 0 saturated carbocycles. The minimum Gasteiger partial charge on any atom is -0.378 e. The zero-order chi connectivity index (χ0) is 15.7. The van der Waals surface area contributed by atoms with Crippen LogP contribution in [0.2, 0.25) is 0 Å². The average Bonchev–Trinajstić information content (AvgIpc) is 2.98. The summed E-state index contributed by atoms with van der Waals surface area (Å²) in [5, 5.41) is 4.41. The summed E-state index contributed by atoms with van der Waals surface area (Å²) in [4.78, 5) is 18.2. The van der Waals surface area contributed by atoms with Gasteiger partial charge in [-0.2, -0.15) is 5.10 Å². The van der Waals surface area contributed by atoms with Crippen molar-refractivity contribution in [1.29, 1.82) is 0 Å². The van der Waals surface area contributed by atoms with Crippen LogP contribution in [-0.2, 0) is 0 Å². The number of Topliss-reactive ketones (excluding diaryl/α,β-unsaturated/α-hetero) is 1. The van der Waals surface area contributed by atoms with Crippen molar-refractivity contribution in [2.75, 3.05) is 19.0 Å². The van der Waals surface area contributed by atoms with Gasteiger partial charge in [0.1, 0.15) is 5.69 Å². The third-order valence-electron chi connectivity index (χ3n) is 3.64. The van der Waals surface area contributed by atoms with Crippen molar-refractivity contribution in [2.24, 2.45) is 0 Å². The van der Waals surface area contributed by atoms with E-state index in [9.17, 15) is 4.79 Å². The number of hydrogen-bond acceptors (Lipinski definition) is 4. The van der Waals surface area contributed by atoms with Gasteiger partial charge in [0, 0.05) is 44.0 Å². The maximum absolute atomic E-state index is 11.8. The number of benzene rings is 1. The van der Waals surface area contributed by atoms with Crippen molar-refractivity contribution in [3.63, 3.8) is 0 Å². The van der Waals surface area contributed by atoms with Crippen LogP contribution >= 0.6 is 0 Å². The fraction of sp³-hybridized carbons (Fsp3) is 0.235. The lowest BCUT2D eigenvalue weighted by Gasteiger charge is -2.13. The van der Waals surface area contributed by atoms with E-state index in [0.29, 0.717) is 17.8 Å². The Bertz CT molecular complexity index is 818. The summed E-state index contributed by atoms with van der Waals surface area (Å²) in [7, 11) is 4.02. The van der Waals surface area contributed by atoms with Crippen LogP contribution in [0.3, 0.4) is 0 Å². The van der Waals surface area contributed by atoms with Crippen LogP contribution in [-0.4, -0.2) is 34.5 Å². The molecule has 0 amide bonds. The van der Waals surface area contributed by atoms with E-state index in [2.05, 4.69) is 27.1 Å². The first-order valence-electron chi connectivity index (χ1n) is 7.26. The maximum Gasteiger partial charge on any atom is 0.182 e. The smallest absolute Gasteiger partial charge is 0.182 e. The molecule has 0 bridgehead atoms. The van der Waals surface area contributed by atoms with Crippen molar-refractivity contribution in [3.05, 3.63) is 48.3 Å². The molecule has 3 rings (SSSR count). The molecule has 0 spiro atoms. The van der Waals surface area contributed by atoms with Crippen LogP contribution in [0.25, 0.3) is 16.9 Å². The number of fused-ring (bicyclic) bond motifs is 1. The van der Waals surface area contributed by atoms with Crippen molar-refractivity contribution < 1.29 is 4.79 Å². The van der Waals surface area contributed by atoms with Crippen LogP contribution in [0, 0.1) is 0 Å². The molecule has 0 radical (unpaired) electrons. The van der Waals surface area contributed by atoms with Gasteiger partial charge >= 0.3 is 0 Å². The second-order valence-electron chi connectivity index (χ2n) is 5.35. The summed E-state index contributed by atoms with van der Waals surface area (Å²) in [5.41, 5.74) is 4.25. The van der Waals surface area contributed by atoms with Gasteiger partial charge in [0.2, 0.25) is 0 Å². The van der Waals surface area contributed by atoms with E-state index in [1.165, 1.54) is 0 Å². The third kappa shape index (κ3) is 2.45. The quantitative estimate of drug-likeness (QED) is 0.694. The fourth-order valence-electron chi connectivity index (χ4n) is 2.36. The van der Waals surface area contributed by atoms with Gasteiger partial charge < -0.3 is 4.90 Å². The van der Waals surface area contributed by atoms with E-state index in [-0.39, 0.29) is 5.78 Å². The summed E-state index contributed by atoms with van der Waals surface area (Å²) >= 11 is 0. The largest absolute Gasteiger partial charge is 0.378 e. The monoisotopic (exact) mass is 294 g/mol. The molecule has 0 aliphatic carbocycles. The number of aromatic nitrogens is 3. The molecule has 1 aromatic carbocycles. The summed E-state index contributed by atoms with van der Waals surface area (Å²) in [6.45, 7) is 1.83. The van der Waals surface area contributed by atoms with Gasteiger partial charge in [-0.3, -0.25) is 4.79 Å². The first-order chi connectivity index (χ1) is 10.6. The van der Waals surface area contributed by atoms with E-state index in [4.69, 9.17) is 0 Å². The molecule has 2 heterocycles. The average molecular weight is 294 g/mol. The molecule has 0 saturated heterocycles. The highest BCUT2D eigenvalue weighted by molar-refractivity contribution is 5.95. The van der Waals surface area contributed by atoms with Gasteiger partial charge in [0.05, 0.1) is 5.69 Å². The van der Waals surface area contributed by atoms with Crippen molar-refractivity contribution >= 4 is 17.1 Å². The number of anilines is 1. The molecular formula is C17H18N4O. The van der Waals surface area contributed by atoms with Gasteiger partial charge in [-0.25, -0.2) is 9.50 Å². The van der Waals surface area contributed by atoms with Crippen LogP contribution in [0.5, 0.6) is 0 Å². The van der Waals surface area contributed by atoms with Crippen molar-refractivity contribution in [1.82, 2.24) is 14.6 Å². The minimum atomic E-state index is 0.0272. The molecule has 0 aliphatic rings. The first-order valence-corrected chi connectivity index (χ1v) is 7.26. The third-order valence-corrected chi connectivity index (χ3v) is 3.64. The molecule has 3 aromatic rings. The van der Waals surface area contributed by atoms with E-state index in [1.54, 1.807) is 16.8 Å². The second kappa shape index (κ2) is 5.60. The summed E-state index contributed by atoms with van der Waals surface area (Å²) in [5.74, 6) is 0.0272. The van der Waals surface area contributed by atoms with Gasteiger partial charge in [0.15, 0.2) is 11.4 Å². The van der Waals surface area contributed by atoms with Crippen LogP contribution in [0.4, 0.5) is 5.69 Å². The number of nitrogens with zero attached hydrogens (tertiary/aromatic N) is 4. The highest BCUT2D eigenvalue weighted by Gasteiger charge is 2.12. The Hall–Kier alpha value is -2.69. The van der Waals surface area contributed by atoms with Crippen LogP contribution < -0.4 is 4.90 Å². The SMILES string of the molecule is CCC(=O)c1cc2nccc(-c3ccc(N(C)C)cc3)n2n1. The number of hydrogen-bond donors (Lipinski definition) is 0. The molecule has 5 heteroatoms. The number of carbonyl (C=O) groups is 1.